The van der Waals surface area contributed by atoms with Gasteiger partial charge < -0.3 is 10.2 Å². The second kappa shape index (κ2) is 5.45. The number of nitrogens with one attached hydrogen (secondary N) is 1. The minimum atomic E-state index is 0.118. The van der Waals surface area contributed by atoms with E-state index in [1.165, 1.54) is 18.4 Å². The van der Waals surface area contributed by atoms with Crippen LogP contribution in [0, 0.1) is 13.8 Å². The maximum Gasteiger partial charge on any atom is 0.225 e. The summed E-state index contributed by atoms with van der Waals surface area (Å²) in [4.78, 5) is 11.7. The fraction of sp³-hybridized carbons (Fsp3) is 0.733. The Kier molecular flexibility index (Phi) is 4.09. The molecule has 4 heteroatoms. The Morgan fingerprint density at radius 3 is 2.05 bits per heavy atom. The van der Waals surface area contributed by atoms with Gasteiger partial charge in [-0.15, -0.1) is 0 Å². The molecule has 1 aromatic heterocycles. The van der Waals surface area contributed by atoms with Crippen molar-refractivity contribution in [1.82, 2.24) is 15.3 Å². The van der Waals surface area contributed by atoms with Gasteiger partial charge in [-0.3, -0.25) is 0 Å². The van der Waals surface area contributed by atoms with Gasteiger partial charge in [0.25, 0.3) is 0 Å². The topological polar surface area (TPSA) is 41.1 Å². The van der Waals surface area contributed by atoms with Crippen molar-refractivity contribution >= 4 is 5.95 Å². The molecule has 2 rings (SSSR count). The molecule has 1 aliphatic rings. The molecular weight excluding hydrogens is 236 g/mol. The first-order valence-electron chi connectivity index (χ1n) is 7.21. The third-order valence-corrected chi connectivity index (χ3v) is 3.59. The molecule has 0 spiro atoms. The van der Waals surface area contributed by atoms with E-state index in [0.717, 1.165) is 37.0 Å². The van der Waals surface area contributed by atoms with Gasteiger partial charge in [0.15, 0.2) is 0 Å². The minimum absolute atomic E-state index is 0.118. The van der Waals surface area contributed by atoms with E-state index >= 15 is 0 Å². The lowest BCUT2D eigenvalue weighted by molar-refractivity contribution is 0.422. The average Bonchev–Trinajstić information content (AvgIpc) is 2.79. The summed E-state index contributed by atoms with van der Waals surface area (Å²) in [7, 11) is 0. The number of nitrogens with zero attached hydrogens (tertiary/aromatic N) is 3. The Balaban J connectivity index is 2.17. The van der Waals surface area contributed by atoms with Crippen molar-refractivity contribution < 1.29 is 0 Å². The minimum Gasteiger partial charge on any atom is -0.341 e. The summed E-state index contributed by atoms with van der Waals surface area (Å²) in [5.41, 5.74) is 3.56. The Morgan fingerprint density at radius 2 is 1.58 bits per heavy atom. The normalized spacial score (nSPS) is 16.2. The maximum atomic E-state index is 4.69. The zero-order valence-electron chi connectivity index (χ0n) is 12.9. The molecule has 106 valence electrons. The largest absolute Gasteiger partial charge is 0.341 e. The van der Waals surface area contributed by atoms with Gasteiger partial charge in [-0.2, -0.15) is 0 Å². The molecule has 0 amide bonds. The predicted octanol–water partition coefficient (Wildman–Crippen LogP) is 2.58. The summed E-state index contributed by atoms with van der Waals surface area (Å²) in [6.07, 6.45) is 2.52. The number of hydrogen-bond acceptors (Lipinski definition) is 4. The van der Waals surface area contributed by atoms with E-state index in [1.54, 1.807) is 0 Å². The van der Waals surface area contributed by atoms with Crippen molar-refractivity contribution in [3.63, 3.8) is 0 Å². The van der Waals surface area contributed by atoms with Gasteiger partial charge in [0.1, 0.15) is 0 Å². The Bertz CT molecular complexity index is 419. The fourth-order valence-corrected chi connectivity index (χ4v) is 2.39. The molecule has 1 saturated heterocycles. The van der Waals surface area contributed by atoms with Crippen LogP contribution >= 0.6 is 0 Å². The molecule has 0 aliphatic carbocycles. The lowest BCUT2D eigenvalue weighted by Gasteiger charge is -2.23. The summed E-state index contributed by atoms with van der Waals surface area (Å²) < 4.78 is 0. The van der Waals surface area contributed by atoms with Gasteiger partial charge in [-0.1, -0.05) is 0 Å². The quantitative estimate of drug-likeness (QED) is 0.909. The molecule has 0 unspecified atom stereocenters. The van der Waals surface area contributed by atoms with E-state index in [1.807, 2.05) is 0 Å². The van der Waals surface area contributed by atoms with Crippen LogP contribution in [0.15, 0.2) is 0 Å². The third kappa shape index (κ3) is 3.66. The number of anilines is 1. The van der Waals surface area contributed by atoms with E-state index in [0.29, 0.717) is 0 Å². The molecule has 0 saturated carbocycles. The highest BCUT2D eigenvalue weighted by Gasteiger charge is 2.18. The summed E-state index contributed by atoms with van der Waals surface area (Å²) in [6.45, 7) is 13.7. The van der Waals surface area contributed by atoms with Crippen LogP contribution in [0.5, 0.6) is 0 Å². The molecule has 1 aromatic rings. The van der Waals surface area contributed by atoms with Crippen molar-refractivity contribution in [2.45, 2.75) is 59.5 Å². The van der Waals surface area contributed by atoms with Crippen LogP contribution in [-0.2, 0) is 6.54 Å². The Morgan fingerprint density at radius 1 is 1.05 bits per heavy atom. The molecule has 0 aromatic carbocycles. The first kappa shape index (κ1) is 14.3. The standard InChI is InChI=1S/C15H26N4/c1-11-13(10-16-15(3,4)5)12(2)18-14(17-11)19-8-6-7-9-19/h16H,6-10H2,1-5H3. The Labute approximate surface area is 116 Å². The van der Waals surface area contributed by atoms with Crippen LogP contribution in [0.3, 0.4) is 0 Å². The zero-order valence-corrected chi connectivity index (χ0v) is 12.9. The molecule has 1 N–H and O–H groups in total. The predicted molar refractivity (Wildman–Crippen MR) is 79.5 cm³/mol. The first-order chi connectivity index (χ1) is 8.87. The smallest absolute Gasteiger partial charge is 0.225 e. The van der Waals surface area contributed by atoms with Gasteiger partial charge in [-0.05, 0) is 47.5 Å². The monoisotopic (exact) mass is 262 g/mol. The molecule has 2 heterocycles. The number of hydrogen-bond donors (Lipinski definition) is 1. The Hall–Kier alpha value is -1.16. The molecule has 1 aliphatic heterocycles. The van der Waals surface area contributed by atoms with E-state index in [-0.39, 0.29) is 5.54 Å². The lowest BCUT2D eigenvalue weighted by Crippen LogP contribution is -2.35. The van der Waals surface area contributed by atoms with Crippen molar-refractivity contribution in [3.8, 4) is 0 Å². The highest BCUT2D eigenvalue weighted by molar-refractivity contribution is 5.37. The van der Waals surface area contributed by atoms with E-state index < -0.39 is 0 Å². The van der Waals surface area contributed by atoms with Crippen molar-refractivity contribution in [3.05, 3.63) is 17.0 Å². The van der Waals surface area contributed by atoms with Gasteiger partial charge in [0.05, 0.1) is 0 Å². The average molecular weight is 262 g/mol. The third-order valence-electron chi connectivity index (χ3n) is 3.59. The fourth-order valence-electron chi connectivity index (χ4n) is 2.39. The van der Waals surface area contributed by atoms with Crippen molar-refractivity contribution in [2.75, 3.05) is 18.0 Å². The van der Waals surface area contributed by atoms with Crippen LogP contribution in [0.4, 0.5) is 5.95 Å². The zero-order chi connectivity index (χ0) is 14.0. The van der Waals surface area contributed by atoms with Gasteiger partial charge in [0.2, 0.25) is 5.95 Å². The summed E-state index contributed by atoms with van der Waals surface area (Å²) in [6, 6.07) is 0. The van der Waals surface area contributed by atoms with Crippen LogP contribution in [0.1, 0.15) is 50.6 Å². The SMILES string of the molecule is Cc1nc(N2CCCC2)nc(C)c1CNC(C)(C)C. The molecule has 0 atom stereocenters. The molecule has 0 radical (unpaired) electrons. The summed E-state index contributed by atoms with van der Waals surface area (Å²) in [5.74, 6) is 0.909. The van der Waals surface area contributed by atoms with Gasteiger partial charge in [0, 0.05) is 42.1 Å². The molecule has 0 bridgehead atoms. The highest BCUT2D eigenvalue weighted by atomic mass is 15.3. The van der Waals surface area contributed by atoms with E-state index in [9.17, 15) is 0 Å². The van der Waals surface area contributed by atoms with E-state index in [4.69, 9.17) is 9.97 Å². The first-order valence-corrected chi connectivity index (χ1v) is 7.21. The number of rotatable bonds is 3. The number of aryl methyl sites for hydroxylation is 2. The molecule has 4 nitrogen and oxygen atoms in total. The second-order valence-corrected chi connectivity index (χ2v) is 6.47. The van der Waals surface area contributed by atoms with Gasteiger partial charge >= 0.3 is 0 Å². The van der Waals surface area contributed by atoms with Crippen LogP contribution < -0.4 is 10.2 Å². The summed E-state index contributed by atoms with van der Waals surface area (Å²) in [5, 5.41) is 3.52. The van der Waals surface area contributed by atoms with Crippen LogP contribution in [0.2, 0.25) is 0 Å². The molecular formula is C15H26N4. The lowest BCUT2D eigenvalue weighted by atomic mass is 10.1. The van der Waals surface area contributed by atoms with Gasteiger partial charge in [-0.25, -0.2) is 9.97 Å². The highest BCUT2D eigenvalue weighted by Crippen LogP contribution is 2.19. The summed E-state index contributed by atoms with van der Waals surface area (Å²) >= 11 is 0. The maximum absolute atomic E-state index is 4.69. The van der Waals surface area contributed by atoms with Crippen molar-refractivity contribution in [2.24, 2.45) is 0 Å². The molecule has 1 fully saturated rings. The molecule has 19 heavy (non-hydrogen) atoms. The van der Waals surface area contributed by atoms with Crippen LogP contribution in [0.25, 0.3) is 0 Å². The van der Waals surface area contributed by atoms with E-state index in [2.05, 4.69) is 44.8 Å². The van der Waals surface area contributed by atoms with Crippen molar-refractivity contribution in [1.29, 1.82) is 0 Å². The number of aromatic nitrogens is 2. The second-order valence-electron chi connectivity index (χ2n) is 6.47. The van der Waals surface area contributed by atoms with Crippen LogP contribution in [-0.4, -0.2) is 28.6 Å².